The van der Waals surface area contributed by atoms with E-state index < -0.39 is 5.63 Å². The lowest BCUT2D eigenvalue weighted by molar-refractivity contribution is -0.122. The molecule has 0 aliphatic heterocycles. The zero-order valence-electron chi connectivity index (χ0n) is 14.5. The number of fused-ring (bicyclic) bond motifs is 1. The quantitative estimate of drug-likeness (QED) is 0.786. The molecule has 6 nitrogen and oxygen atoms in total. The highest BCUT2D eigenvalue weighted by molar-refractivity contribution is 5.82. The van der Waals surface area contributed by atoms with Crippen molar-refractivity contribution in [1.29, 1.82) is 0 Å². The number of methoxy groups -OCH3 is 2. The number of ether oxygens (including phenoxy) is 2. The molecule has 0 radical (unpaired) electrons. The maximum Gasteiger partial charge on any atom is 0.339 e. The largest absolute Gasteiger partial charge is 0.497 e. The molecule has 1 heterocycles. The summed E-state index contributed by atoms with van der Waals surface area (Å²) in [6, 6.07) is 5.30. The van der Waals surface area contributed by atoms with Gasteiger partial charge < -0.3 is 19.2 Å². The number of carbonyl (C=O) groups excluding carboxylic acids is 1. The van der Waals surface area contributed by atoms with Gasteiger partial charge in [-0.1, -0.05) is 0 Å². The molecule has 24 heavy (non-hydrogen) atoms. The molecule has 1 aromatic carbocycles. The smallest absolute Gasteiger partial charge is 0.339 e. The third-order valence-corrected chi connectivity index (χ3v) is 3.92. The lowest BCUT2D eigenvalue weighted by atomic mass is 10.0. The molecule has 130 valence electrons. The van der Waals surface area contributed by atoms with E-state index in [1.54, 1.807) is 20.3 Å². The van der Waals surface area contributed by atoms with Gasteiger partial charge in [0.1, 0.15) is 11.3 Å². The summed E-state index contributed by atoms with van der Waals surface area (Å²) >= 11 is 0. The van der Waals surface area contributed by atoms with E-state index in [0.29, 0.717) is 29.9 Å². The van der Waals surface area contributed by atoms with Crippen LogP contribution in [0.1, 0.15) is 24.5 Å². The monoisotopic (exact) mass is 333 g/mol. The Morgan fingerprint density at radius 2 is 2.08 bits per heavy atom. The first-order valence-corrected chi connectivity index (χ1v) is 7.85. The van der Waals surface area contributed by atoms with Gasteiger partial charge >= 0.3 is 5.63 Å². The summed E-state index contributed by atoms with van der Waals surface area (Å²) in [5.41, 5.74) is 1.44. The van der Waals surface area contributed by atoms with Gasteiger partial charge in [0.2, 0.25) is 5.91 Å². The van der Waals surface area contributed by atoms with Crippen LogP contribution in [0.4, 0.5) is 0 Å². The van der Waals surface area contributed by atoms with Crippen molar-refractivity contribution in [3.63, 3.8) is 0 Å². The number of hydrogen-bond acceptors (Lipinski definition) is 5. The van der Waals surface area contributed by atoms with Crippen molar-refractivity contribution >= 4 is 16.9 Å². The number of carbonyl (C=O) groups is 1. The highest BCUT2D eigenvalue weighted by Gasteiger charge is 2.14. The topological polar surface area (TPSA) is 77.8 Å². The molecule has 0 aliphatic rings. The Morgan fingerprint density at radius 1 is 1.33 bits per heavy atom. The highest BCUT2D eigenvalue weighted by Crippen LogP contribution is 2.24. The van der Waals surface area contributed by atoms with E-state index in [-0.39, 0.29) is 18.4 Å². The molecule has 1 N–H and O–H groups in total. The van der Waals surface area contributed by atoms with Crippen LogP contribution in [0.5, 0.6) is 5.75 Å². The standard InChI is InChI=1S/C18H23NO5/c1-11(10-22-3)19-17(20)8-7-15-12(2)14-6-5-13(23-4)9-16(14)24-18(15)21/h5-6,9,11H,7-8,10H2,1-4H3,(H,19,20). The summed E-state index contributed by atoms with van der Waals surface area (Å²) < 4.78 is 15.5. The third kappa shape index (κ3) is 4.14. The number of nitrogens with one attached hydrogen (secondary N) is 1. The fraction of sp³-hybridized carbons (Fsp3) is 0.444. The average molecular weight is 333 g/mol. The van der Waals surface area contributed by atoms with Crippen molar-refractivity contribution in [2.45, 2.75) is 32.7 Å². The maximum atomic E-state index is 12.2. The fourth-order valence-corrected chi connectivity index (χ4v) is 2.67. The number of benzene rings is 1. The van der Waals surface area contributed by atoms with Crippen molar-refractivity contribution < 1.29 is 18.7 Å². The van der Waals surface area contributed by atoms with Crippen LogP contribution in [0.2, 0.25) is 0 Å². The van der Waals surface area contributed by atoms with Crippen molar-refractivity contribution in [1.82, 2.24) is 5.32 Å². The number of rotatable bonds is 7. The summed E-state index contributed by atoms with van der Waals surface area (Å²) in [5.74, 6) is 0.512. The van der Waals surface area contributed by atoms with E-state index in [2.05, 4.69) is 5.32 Å². The molecule has 2 rings (SSSR count). The van der Waals surface area contributed by atoms with Crippen LogP contribution in [0, 0.1) is 6.92 Å². The fourth-order valence-electron chi connectivity index (χ4n) is 2.67. The van der Waals surface area contributed by atoms with Crippen LogP contribution in [0.15, 0.2) is 27.4 Å². The summed E-state index contributed by atoms with van der Waals surface area (Å²) in [5, 5.41) is 3.67. The molecule has 6 heteroatoms. The first-order chi connectivity index (χ1) is 11.5. The van der Waals surface area contributed by atoms with Crippen molar-refractivity contribution in [2.75, 3.05) is 20.8 Å². The molecule has 0 spiro atoms. The van der Waals surface area contributed by atoms with Crippen LogP contribution in [-0.4, -0.2) is 32.8 Å². The zero-order chi connectivity index (χ0) is 17.7. The average Bonchev–Trinajstić information content (AvgIpc) is 2.54. The minimum Gasteiger partial charge on any atom is -0.497 e. The molecule has 1 amide bonds. The minimum absolute atomic E-state index is 0.0657. The lowest BCUT2D eigenvalue weighted by Crippen LogP contribution is -2.35. The number of aryl methyl sites for hydroxylation is 1. The molecule has 2 aromatic rings. The summed E-state index contributed by atoms with van der Waals surface area (Å²) in [6.45, 7) is 4.18. The van der Waals surface area contributed by atoms with Crippen LogP contribution >= 0.6 is 0 Å². The predicted molar refractivity (Wildman–Crippen MR) is 91.6 cm³/mol. The van der Waals surface area contributed by atoms with E-state index in [9.17, 15) is 9.59 Å². The Morgan fingerprint density at radius 3 is 2.75 bits per heavy atom. The summed E-state index contributed by atoms with van der Waals surface area (Å²) in [7, 11) is 3.14. The Hall–Kier alpha value is -2.34. The van der Waals surface area contributed by atoms with Gasteiger partial charge in [-0.2, -0.15) is 0 Å². The van der Waals surface area contributed by atoms with E-state index in [1.807, 2.05) is 26.0 Å². The molecule has 0 aliphatic carbocycles. The van der Waals surface area contributed by atoms with Gasteiger partial charge in [-0.15, -0.1) is 0 Å². The number of amides is 1. The summed E-state index contributed by atoms with van der Waals surface area (Å²) in [6.07, 6.45) is 0.559. The third-order valence-electron chi connectivity index (χ3n) is 3.92. The molecule has 1 aromatic heterocycles. The van der Waals surface area contributed by atoms with Crippen LogP contribution in [-0.2, 0) is 16.0 Å². The van der Waals surface area contributed by atoms with Crippen LogP contribution in [0.25, 0.3) is 11.0 Å². The molecule has 0 saturated heterocycles. The van der Waals surface area contributed by atoms with Gasteiger partial charge in [0.15, 0.2) is 0 Å². The van der Waals surface area contributed by atoms with Crippen LogP contribution < -0.4 is 15.7 Å². The highest BCUT2D eigenvalue weighted by atomic mass is 16.5. The number of hydrogen-bond donors (Lipinski definition) is 1. The van der Waals surface area contributed by atoms with Gasteiger partial charge in [0.05, 0.1) is 13.7 Å². The second kappa shape index (κ2) is 7.97. The van der Waals surface area contributed by atoms with Gasteiger partial charge in [-0.05, 0) is 38.0 Å². The van der Waals surface area contributed by atoms with Crippen molar-refractivity contribution in [2.24, 2.45) is 0 Å². The van der Waals surface area contributed by atoms with E-state index >= 15 is 0 Å². The SMILES string of the molecule is COCC(C)NC(=O)CCc1c(C)c2ccc(OC)cc2oc1=O. The molecule has 0 fully saturated rings. The molecule has 1 atom stereocenters. The second-order valence-corrected chi connectivity index (χ2v) is 5.78. The zero-order valence-corrected chi connectivity index (χ0v) is 14.5. The molecule has 1 unspecified atom stereocenters. The van der Waals surface area contributed by atoms with Gasteiger partial charge in [-0.3, -0.25) is 4.79 Å². The summed E-state index contributed by atoms with van der Waals surface area (Å²) in [4.78, 5) is 24.2. The Balaban J connectivity index is 2.17. The van der Waals surface area contributed by atoms with E-state index in [0.717, 1.165) is 10.9 Å². The first-order valence-electron chi connectivity index (χ1n) is 7.85. The van der Waals surface area contributed by atoms with Gasteiger partial charge in [0.25, 0.3) is 0 Å². The van der Waals surface area contributed by atoms with E-state index in [4.69, 9.17) is 13.9 Å². The Kier molecular flexibility index (Phi) is 5.98. The van der Waals surface area contributed by atoms with E-state index in [1.165, 1.54) is 0 Å². The molecular weight excluding hydrogens is 310 g/mol. The second-order valence-electron chi connectivity index (χ2n) is 5.78. The molecular formula is C18H23NO5. The van der Waals surface area contributed by atoms with Gasteiger partial charge in [-0.25, -0.2) is 4.79 Å². The minimum atomic E-state index is -0.411. The maximum absolute atomic E-state index is 12.2. The van der Waals surface area contributed by atoms with Crippen molar-refractivity contribution in [3.8, 4) is 5.75 Å². The Labute approximate surface area is 140 Å². The molecule has 0 bridgehead atoms. The first kappa shape index (κ1) is 18.0. The Bertz CT molecular complexity index is 781. The van der Waals surface area contributed by atoms with Crippen LogP contribution in [0.3, 0.4) is 0 Å². The normalized spacial score (nSPS) is 12.2. The van der Waals surface area contributed by atoms with Gasteiger partial charge in [0, 0.05) is 36.6 Å². The predicted octanol–water partition coefficient (Wildman–Crippen LogP) is 2.19. The van der Waals surface area contributed by atoms with Crippen molar-refractivity contribution in [3.05, 3.63) is 39.7 Å². The lowest BCUT2D eigenvalue weighted by Gasteiger charge is -2.13. The molecule has 0 saturated carbocycles.